The number of aliphatic hydroxyl groups excluding tert-OH is 2. The number of carbonyl (C=O) groups excluding carboxylic acids is 2. The lowest BCUT2D eigenvalue weighted by Gasteiger charge is -2.58. The second-order valence-corrected chi connectivity index (χ2v) is 13.1. The molecule has 10 nitrogen and oxygen atoms in total. The summed E-state index contributed by atoms with van der Waals surface area (Å²) in [4.78, 5) is 34.2. The molecule has 0 radical (unpaired) electrons. The maximum atomic E-state index is 13.3. The van der Waals surface area contributed by atoms with Gasteiger partial charge in [0.25, 0.3) is 5.91 Å². The zero-order chi connectivity index (χ0) is 29.0. The van der Waals surface area contributed by atoms with E-state index in [1.165, 1.54) is 11.3 Å². The highest BCUT2D eigenvalue weighted by Gasteiger charge is 2.59. The number of anilines is 1. The molecule has 1 saturated heterocycles. The van der Waals surface area contributed by atoms with Crippen LogP contribution in [0.3, 0.4) is 0 Å². The highest BCUT2D eigenvalue weighted by atomic mass is 32.1. The third kappa shape index (κ3) is 6.44. The van der Waals surface area contributed by atoms with Crippen molar-refractivity contribution in [2.75, 3.05) is 57.9 Å². The Labute approximate surface area is 245 Å². The van der Waals surface area contributed by atoms with Gasteiger partial charge in [-0.2, -0.15) is 0 Å². The van der Waals surface area contributed by atoms with Crippen molar-refractivity contribution in [1.29, 1.82) is 0 Å². The van der Waals surface area contributed by atoms with Crippen molar-refractivity contribution in [3.05, 3.63) is 40.9 Å². The van der Waals surface area contributed by atoms with Crippen LogP contribution in [0.5, 0.6) is 5.75 Å². The quantitative estimate of drug-likeness (QED) is 0.334. The van der Waals surface area contributed by atoms with E-state index in [-0.39, 0.29) is 48.7 Å². The lowest BCUT2D eigenvalue weighted by Crippen LogP contribution is -2.57. The fourth-order valence-corrected chi connectivity index (χ4v) is 8.04. The number of nitrogens with one attached hydrogen (secondary N) is 2. The average molecular weight is 587 g/mol. The van der Waals surface area contributed by atoms with Gasteiger partial charge in [-0.05, 0) is 42.7 Å². The molecule has 1 aliphatic heterocycles. The predicted octanol–water partition coefficient (Wildman–Crippen LogP) is 2.41. The van der Waals surface area contributed by atoms with Crippen LogP contribution in [0, 0.1) is 16.7 Å². The molecule has 2 aliphatic carbocycles. The van der Waals surface area contributed by atoms with Crippen LogP contribution in [0.15, 0.2) is 30.3 Å². The van der Waals surface area contributed by atoms with Crippen LogP contribution >= 0.6 is 11.3 Å². The normalized spacial score (nSPS) is 29.7. The summed E-state index contributed by atoms with van der Waals surface area (Å²) in [5.74, 6) is 0.00674. The molecular formula is C30H42N4O6S. The van der Waals surface area contributed by atoms with E-state index in [1.54, 1.807) is 12.1 Å². The van der Waals surface area contributed by atoms with E-state index in [2.05, 4.69) is 22.5 Å². The predicted molar refractivity (Wildman–Crippen MR) is 156 cm³/mol. The molecule has 11 heteroatoms. The molecule has 5 rings (SSSR count). The first-order valence-corrected chi connectivity index (χ1v) is 15.4. The van der Waals surface area contributed by atoms with Crippen LogP contribution in [0.4, 0.5) is 5.13 Å². The van der Waals surface area contributed by atoms with Gasteiger partial charge < -0.3 is 25.0 Å². The van der Waals surface area contributed by atoms with Gasteiger partial charge in [0.05, 0.1) is 31.6 Å². The summed E-state index contributed by atoms with van der Waals surface area (Å²) in [6, 6.07) is 9.16. The molecular weight excluding hydrogens is 544 g/mol. The van der Waals surface area contributed by atoms with Gasteiger partial charge in [-0.25, -0.2) is 4.98 Å². The molecule has 0 bridgehead atoms. The molecule has 41 heavy (non-hydrogen) atoms. The minimum Gasteiger partial charge on any atom is -0.484 e. The Morgan fingerprint density at radius 2 is 1.95 bits per heavy atom. The third-order valence-electron chi connectivity index (χ3n) is 9.50. The molecule has 2 fully saturated rings. The number of carbonyl (C=O) groups is 2. The Bertz CT molecular complexity index is 1200. The smallest absolute Gasteiger partial charge is 0.264 e. The number of nitrogens with zero attached hydrogens (tertiary/aromatic N) is 2. The molecule has 2 aromatic rings. The van der Waals surface area contributed by atoms with Gasteiger partial charge >= 0.3 is 0 Å². The Kier molecular flexibility index (Phi) is 9.30. The summed E-state index contributed by atoms with van der Waals surface area (Å²) in [6.45, 7) is 8.36. The number of rotatable bonds is 10. The van der Waals surface area contributed by atoms with Crippen molar-refractivity contribution < 1.29 is 29.3 Å². The molecule has 1 saturated carbocycles. The van der Waals surface area contributed by atoms with E-state index >= 15 is 0 Å². The number of hydrogen-bond donors (Lipinski definition) is 4. The lowest BCUT2D eigenvalue weighted by atomic mass is 9.47. The molecule has 1 aromatic carbocycles. The molecule has 2 amide bonds. The van der Waals surface area contributed by atoms with E-state index in [9.17, 15) is 19.8 Å². The van der Waals surface area contributed by atoms with Gasteiger partial charge in [-0.1, -0.05) is 32.0 Å². The molecule has 3 aliphatic rings. The summed E-state index contributed by atoms with van der Waals surface area (Å²) in [5.41, 5.74) is -0.211. The number of aliphatic hydroxyl groups is 2. The summed E-state index contributed by atoms with van der Waals surface area (Å²) in [6.07, 6.45) is 1.54. The minimum absolute atomic E-state index is 0.0391. The molecule has 0 spiro atoms. The van der Waals surface area contributed by atoms with E-state index < -0.39 is 11.5 Å². The van der Waals surface area contributed by atoms with Crippen molar-refractivity contribution >= 4 is 28.3 Å². The van der Waals surface area contributed by atoms with Crippen LogP contribution in [0.25, 0.3) is 0 Å². The maximum absolute atomic E-state index is 13.3. The highest BCUT2D eigenvalue weighted by molar-refractivity contribution is 7.15. The number of hydrogen-bond acceptors (Lipinski definition) is 9. The zero-order valence-electron chi connectivity index (χ0n) is 23.9. The summed E-state index contributed by atoms with van der Waals surface area (Å²) in [7, 11) is 0. The van der Waals surface area contributed by atoms with Crippen LogP contribution < -0.4 is 15.4 Å². The standard InChI is InChI=1S/C30H42N4O6S/c1-29-9-8-24(36)30(2,19-35)23(29)17-22-27(21(29)16-25(37)31-10-11-34-12-14-39-15-13-34)33-28(41-22)32-26(38)18-40-20-6-4-3-5-7-20/h3-7,21,23-24,35-36H,8-19H2,1-2H3,(H,31,37)(H,32,33,38)/t21-,23+,24-,29+,30+/m1/s1. The van der Waals surface area contributed by atoms with Crippen LogP contribution in [0.2, 0.25) is 0 Å². The number of aromatic nitrogens is 1. The second-order valence-electron chi connectivity index (χ2n) is 12.0. The second kappa shape index (κ2) is 12.7. The van der Waals surface area contributed by atoms with E-state index in [0.29, 0.717) is 30.3 Å². The van der Waals surface area contributed by atoms with Gasteiger partial charge in [0, 0.05) is 48.8 Å². The molecule has 1 aromatic heterocycles. The Morgan fingerprint density at radius 3 is 2.68 bits per heavy atom. The number of amides is 2. The molecule has 2 heterocycles. The largest absolute Gasteiger partial charge is 0.484 e. The Morgan fingerprint density at radius 1 is 1.20 bits per heavy atom. The molecule has 224 valence electrons. The SMILES string of the molecule is C[C@]1(CO)[C@H]2Cc3sc(NC(=O)COc4ccccc4)nc3[C@@H](CC(=O)NCCN3CCOCC3)[C@]2(C)CC[C@H]1O. The number of para-hydroxylation sites is 1. The van der Waals surface area contributed by atoms with Crippen molar-refractivity contribution in [3.8, 4) is 5.75 Å². The fraction of sp³-hybridized carbons (Fsp3) is 0.633. The van der Waals surface area contributed by atoms with Gasteiger partial charge in [0.15, 0.2) is 11.7 Å². The topological polar surface area (TPSA) is 133 Å². The Balaban J connectivity index is 1.33. The lowest BCUT2D eigenvalue weighted by molar-refractivity contribution is -0.144. The number of ether oxygens (including phenoxy) is 2. The van der Waals surface area contributed by atoms with Gasteiger partial charge in [-0.3, -0.25) is 19.8 Å². The average Bonchev–Trinajstić information content (AvgIpc) is 3.38. The zero-order valence-corrected chi connectivity index (χ0v) is 24.8. The van der Waals surface area contributed by atoms with Gasteiger partial charge in [0.1, 0.15) is 5.75 Å². The number of morpholine rings is 1. The number of fused-ring (bicyclic) bond motifs is 2. The minimum atomic E-state index is -0.702. The first-order valence-electron chi connectivity index (χ1n) is 14.6. The molecule has 5 atom stereocenters. The van der Waals surface area contributed by atoms with Crippen LogP contribution in [-0.4, -0.2) is 90.6 Å². The third-order valence-corrected chi connectivity index (χ3v) is 10.5. The summed E-state index contributed by atoms with van der Waals surface area (Å²) >= 11 is 1.41. The van der Waals surface area contributed by atoms with Crippen LogP contribution in [0.1, 0.15) is 49.6 Å². The summed E-state index contributed by atoms with van der Waals surface area (Å²) in [5, 5.41) is 27.9. The first-order chi connectivity index (χ1) is 19.7. The van der Waals surface area contributed by atoms with E-state index in [0.717, 1.165) is 49.8 Å². The van der Waals surface area contributed by atoms with Crippen molar-refractivity contribution in [2.45, 2.75) is 51.6 Å². The first kappa shape index (κ1) is 29.9. The number of benzene rings is 1. The maximum Gasteiger partial charge on any atom is 0.264 e. The van der Waals surface area contributed by atoms with E-state index in [4.69, 9.17) is 14.5 Å². The van der Waals surface area contributed by atoms with Crippen molar-refractivity contribution in [2.24, 2.45) is 16.7 Å². The Hall–Kier alpha value is -2.57. The number of thiazole rings is 1. The molecule has 4 N–H and O–H groups in total. The van der Waals surface area contributed by atoms with Crippen LogP contribution in [-0.2, 0) is 20.7 Å². The molecule has 0 unspecified atom stereocenters. The fourth-order valence-electron chi connectivity index (χ4n) is 6.96. The highest BCUT2D eigenvalue weighted by Crippen LogP contribution is 2.62. The van der Waals surface area contributed by atoms with Crippen molar-refractivity contribution in [3.63, 3.8) is 0 Å². The van der Waals surface area contributed by atoms with E-state index in [1.807, 2.05) is 25.1 Å². The van der Waals surface area contributed by atoms with Gasteiger partial charge in [-0.15, -0.1) is 11.3 Å². The monoisotopic (exact) mass is 586 g/mol. The summed E-state index contributed by atoms with van der Waals surface area (Å²) < 4.78 is 11.0. The van der Waals surface area contributed by atoms with Gasteiger partial charge in [0.2, 0.25) is 5.91 Å². The van der Waals surface area contributed by atoms with Crippen molar-refractivity contribution in [1.82, 2.24) is 15.2 Å².